The SMILES string of the molecule is Nc1cc(Oc2ccc(-c3ccc(Oc4ccc(O)c(N)c4)cc3)cc2)ccc1O. The van der Waals surface area contributed by atoms with Crippen molar-refractivity contribution in [3.05, 3.63) is 84.9 Å². The Morgan fingerprint density at radius 3 is 1.13 bits per heavy atom. The fourth-order valence-electron chi connectivity index (χ4n) is 2.90. The maximum Gasteiger partial charge on any atom is 0.138 e. The van der Waals surface area contributed by atoms with Crippen molar-refractivity contribution in [2.75, 3.05) is 11.5 Å². The van der Waals surface area contributed by atoms with E-state index in [1.807, 2.05) is 48.5 Å². The molecule has 4 rings (SSSR count). The first kappa shape index (κ1) is 19.0. The van der Waals surface area contributed by atoms with E-state index in [-0.39, 0.29) is 22.9 Å². The van der Waals surface area contributed by atoms with Crippen molar-refractivity contribution in [3.8, 4) is 45.6 Å². The van der Waals surface area contributed by atoms with E-state index in [9.17, 15) is 10.2 Å². The van der Waals surface area contributed by atoms with Gasteiger partial charge in [-0.3, -0.25) is 0 Å². The largest absolute Gasteiger partial charge is 0.506 e. The molecule has 4 aromatic rings. The number of hydrogen-bond donors (Lipinski definition) is 4. The summed E-state index contributed by atoms with van der Waals surface area (Å²) in [6, 6.07) is 24.7. The van der Waals surface area contributed by atoms with Crippen LogP contribution >= 0.6 is 0 Å². The van der Waals surface area contributed by atoms with Crippen LogP contribution in [0.5, 0.6) is 34.5 Å². The van der Waals surface area contributed by atoms with Gasteiger partial charge < -0.3 is 31.2 Å². The second-order valence-corrected chi connectivity index (χ2v) is 6.69. The molecule has 0 unspecified atom stereocenters. The molecule has 0 saturated carbocycles. The lowest BCUT2D eigenvalue weighted by molar-refractivity contribution is 0.466. The van der Waals surface area contributed by atoms with Crippen molar-refractivity contribution in [1.29, 1.82) is 0 Å². The number of phenols is 2. The smallest absolute Gasteiger partial charge is 0.138 e. The lowest BCUT2D eigenvalue weighted by Gasteiger charge is -2.10. The Bertz CT molecular complexity index is 1080. The van der Waals surface area contributed by atoms with Gasteiger partial charge in [-0.2, -0.15) is 0 Å². The van der Waals surface area contributed by atoms with Gasteiger partial charge in [-0.25, -0.2) is 0 Å². The van der Waals surface area contributed by atoms with Gasteiger partial charge in [0.2, 0.25) is 0 Å². The van der Waals surface area contributed by atoms with Crippen LogP contribution in [0.3, 0.4) is 0 Å². The second kappa shape index (κ2) is 7.97. The topological polar surface area (TPSA) is 111 Å². The predicted octanol–water partition coefficient (Wildman–Crippen LogP) is 5.51. The minimum absolute atomic E-state index is 0.0269. The van der Waals surface area contributed by atoms with E-state index in [1.165, 1.54) is 12.1 Å². The maximum absolute atomic E-state index is 9.49. The highest BCUT2D eigenvalue weighted by Gasteiger charge is 2.05. The number of aromatic hydroxyl groups is 2. The van der Waals surface area contributed by atoms with Crippen LogP contribution in [0.4, 0.5) is 11.4 Å². The first-order chi connectivity index (χ1) is 14.5. The molecule has 0 aromatic heterocycles. The average Bonchev–Trinajstić information content (AvgIpc) is 2.75. The van der Waals surface area contributed by atoms with Gasteiger partial charge in [0.15, 0.2) is 0 Å². The first-order valence-corrected chi connectivity index (χ1v) is 9.21. The predicted molar refractivity (Wildman–Crippen MR) is 117 cm³/mol. The molecule has 0 aliphatic carbocycles. The monoisotopic (exact) mass is 400 g/mol. The van der Waals surface area contributed by atoms with Crippen molar-refractivity contribution < 1.29 is 19.7 Å². The Kier molecular flexibility index (Phi) is 5.05. The van der Waals surface area contributed by atoms with Crippen molar-refractivity contribution in [3.63, 3.8) is 0 Å². The fourth-order valence-corrected chi connectivity index (χ4v) is 2.90. The highest BCUT2D eigenvalue weighted by atomic mass is 16.5. The number of nitrogens with two attached hydrogens (primary N) is 2. The first-order valence-electron chi connectivity index (χ1n) is 9.21. The molecule has 0 heterocycles. The van der Waals surface area contributed by atoms with Crippen LogP contribution < -0.4 is 20.9 Å². The highest BCUT2D eigenvalue weighted by molar-refractivity contribution is 5.65. The van der Waals surface area contributed by atoms with Gasteiger partial charge in [-0.05, 0) is 59.7 Å². The quantitative estimate of drug-likeness (QED) is 0.259. The summed E-state index contributed by atoms with van der Waals surface area (Å²) >= 11 is 0. The third-order valence-corrected chi connectivity index (χ3v) is 4.51. The Hall–Kier alpha value is -4.32. The summed E-state index contributed by atoms with van der Waals surface area (Å²) in [5.74, 6) is 2.48. The van der Waals surface area contributed by atoms with Gasteiger partial charge in [0.25, 0.3) is 0 Å². The molecule has 0 aliphatic heterocycles. The number of phenolic OH excluding ortho intramolecular Hbond substituents is 2. The number of benzene rings is 4. The summed E-state index contributed by atoms with van der Waals surface area (Å²) in [4.78, 5) is 0. The molecule has 0 amide bonds. The number of nitrogen functional groups attached to an aromatic ring is 2. The molecule has 150 valence electrons. The summed E-state index contributed by atoms with van der Waals surface area (Å²) in [5.41, 5.74) is 14.0. The van der Waals surface area contributed by atoms with Crippen LogP contribution in [-0.4, -0.2) is 10.2 Å². The van der Waals surface area contributed by atoms with Gasteiger partial charge in [0.05, 0.1) is 11.4 Å². The van der Waals surface area contributed by atoms with Crippen molar-refractivity contribution in [2.45, 2.75) is 0 Å². The summed E-state index contributed by atoms with van der Waals surface area (Å²) in [7, 11) is 0. The van der Waals surface area contributed by atoms with E-state index in [4.69, 9.17) is 20.9 Å². The molecular weight excluding hydrogens is 380 g/mol. The maximum atomic E-state index is 9.49. The molecule has 0 fully saturated rings. The van der Waals surface area contributed by atoms with E-state index < -0.39 is 0 Å². The molecule has 0 aliphatic rings. The van der Waals surface area contributed by atoms with E-state index in [1.54, 1.807) is 24.3 Å². The number of ether oxygens (including phenoxy) is 2. The van der Waals surface area contributed by atoms with Crippen molar-refractivity contribution in [1.82, 2.24) is 0 Å². The van der Waals surface area contributed by atoms with E-state index in [0.717, 1.165) is 11.1 Å². The van der Waals surface area contributed by atoms with Gasteiger partial charge in [0.1, 0.15) is 34.5 Å². The Morgan fingerprint density at radius 2 is 0.800 bits per heavy atom. The lowest BCUT2D eigenvalue weighted by atomic mass is 10.1. The third kappa shape index (κ3) is 4.23. The van der Waals surface area contributed by atoms with Crippen LogP contribution in [-0.2, 0) is 0 Å². The lowest BCUT2D eigenvalue weighted by Crippen LogP contribution is -1.89. The number of anilines is 2. The summed E-state index contributed by atoms with van der Waals surface area (Å²) < 4.78 is 11.5. The van der Waals surface area contributed by atoms with E-state index >= 15 is 0 Å². The molecule has 0 radical (unpaired) electrons. The number of rotatable bonds is 5. The minimum Gasteiger partial charge on any atom is -0.506 e. The molecule has 0 bridgehead atoms. The second-order valence-electron chi connectivity index (χ2n) is 6.69. The molecule has 6 nitrogen and oxygen atoms in total. The Morgan fingerprint density at radius 1 is 0.467 bits per heavy atom. The summed E-state index contributed by atoms with van der Waals surface area (Å²) in [6.07, 6.45) is 0. The van der Waals surface area contributed by atoms with Crippen LogP contribution in [0.2, 0.25) is 0 Å². The zero-order valence-corrected chi connectivity index (χ0v) is 15.9. The Labute approximate surface area is 173 Å². The fraction of sp³-hybridized carbons (Fsp3) is 0. The van der Waals surface area contributed by atoms with E-state index in [0.29, 0.717) is 23.0 Å². The zero-order valence-electron chi connectivity index (χ0n) is 15.9. The molecule has 6 heteroatoms. The summed E-state index contributed by atoms with van der Waals surface area (Å²) in [6.45, 7) is 0. The normalized spacial score (nSPS) is 10.5. The molecule has 30 heavy (non-hydrogen) atoms. The van der Waals surface area contributed by atoms with Gasteiger partial charge in [-0.15, -0.1) is 0 Å². The van der Waals surface area contributed by atoms with Gasteiger partial charge in [0, 0.05) is 12.1 Å². The van der Waals surface area contributed by atoms with E-state index in [2.05, 4.69) is 0 Å². The molecular formula is C24H20N2O4. The average molecular weight is 400 g/mol. The van der Waals surface area contributed by atoms with Crippen LogP contribution in [0.1, 0.15) is 0 Å². The van der Waals surface area contributed by atoms with Gasteiger partial charge in [-0.1, -0.05) is 24.3 Å². The van der Waals surface area contributed by atoms with Crippen molar-refractivity contribution in [2.24, 2.45) is 0 Å². The zero-order chi connectivity index (χ0) is 21.1. The Balaban J connectivity index is 1.44. The molecule has 0 saturated heterocycles. The van der Waals surface area contributed by atoms with Crippen LogP contribution in [0, 0.1) is 0 Å². The van der Waals surface area contributed by atoms with Crippen LogP contribution in [0.25, 0.3) is 11.1 Å². The molecule has 0 atom stereocenters. The minimum atomic E-state index is 0.0269. The van der Waals surface area contributed by atoms with Crippen LogP contribution in [0.15, 0.2) is 84.9 Å². The van der Waals surface area contributed by atoms with Gasteiger partial charge >= 0.3 is 0 Å². The molecule has 6 N–H and O–H groups in total. The molecule has 4 aromatic carbocycles. The van der Waals surface area contributed by atoms with Crippen molar-refractivity contribution >= 4 is 11.4 Å². The third-order valence-electron chi connectivity index (χ3n) is 4.51. The summed E-state index contributed by atoms with van der Waals surface area (Å²) in [5, 5.41) is 19.0. The molecule has 0 spiro atoms. The standard InChI is InChI=1S/C24H20N2O4/c25-21-13-19(9-11-23(21)27)29-17-5-1-15(2-6-17)16-3-7-18(8-4-16)30-20-10-12-24(28)22(26)14-20/h1-14,27-28H,25-26H2. The highest BCUT2D eigenvalue weighted by Crippen LogP contribution is 2.32. The number of hydrogen-bond acceptors (Lipinski definition) is 6.